The molecule has 9 nitrogen and oxygen atoms in total. The molecule has 0 radical (unpaired) electrons. The van der Waals surface area contributed by atoms with Crippen LogP contribution in [0, 0.1) is 0 Å². The number of carboxylic acids is 1. The van der Waals surface area contributed by atoms with Gasteiger partial charge < -0.3 is 30.0 Å². The molecule has 1 aliphatic heterocycles. The Labute approximate surface area is 152 Å². The third-order valence-electron chi connectivity index (χ3n) is 4.09. The lowest BCUT2D eigenvalue weighted by Crippen LogP contribution is -2.44. The minimum Gasteiger partial charge on any atom is -0.482 e. The van der Waals surface area contributed by atoms with Gasteiger partial charge in [0.1, 0.15) is 17.3 Å². The molecule has 0 saturated carbocycles. The van der Waals surface area contributed by atoms with Gasteiger partial charge in [0.25, 0.3) is 0 Å². The number of hydrogen-bond acceptors (Lipinski definition) is 7. The van der Waals surface area contributed by atoms with Crippen LogP contribution < -0.4 is 10.5 Å². The molecule has 1 amide bonds. The largest absolute Gasteiger partial charge is 0.482 e. The Balaban J connectivity index is 2.21. The molecule has 1 aliphatic rings. The number of pyridine rings is 1. The van der Waals surface area contributed by atoms with Gasteiger partial charge in [0, 0.05) is 19.4 Å². The fraction of sp³-hybridized carbons (Fsp3) is 0.588. The van der Waals surface area contributed by atoms with Crippen LogP contribution in [0.2, 0.25) is 0 Å². The SMILES string of the molecule is COC1(C)CN(C(=O)OC(C)(C)C)CC1Oc1cc(C(=O)O)cnc1N. The van der Waals surface area contributed by atoms with E-state index in [0.717, 1.165) is 6.20 Å². The zero-order valence-electron chi connectivity index (χ0n) is 15.6. The van der Waals surface area contributed by atoms with Crippen LogP contribution in [-0.2, 0) is 9.47 Å². The van der Waals surface area contributed by atoms with Gasteiger partial charge >= 0.3 is 12.1 Å². The lowest BCUT2D eigenvalue weighted by molar-refractivity contribution is -0.0490. The number of anilines is 1. The summed E-state index contributed by atoms with van der Waals surface area (Å²) < 4.78 is 16.8. The first-order valence-corrected chi connectivity index (χ1v) is 8.14. The quantitative estimate of drug-likeness (QED) is 0.825. The van der Waals surface area contributed by atoms with Crippen LogP contribution in [0.25, 0.3) is 0 Å². The Morgan fingerprint density at radius 1 is 1.42 bits per heavy atom. The van der Waals surface area contributed by atoms with Crippen molar-refractivity contribution in [1.29, 1.82) is 0 Å². The van der Waals surface area contributed by atoms with Crippen molar-refractivity contribution in [3.05, 3.63) is 17.8 Å². The lowest BCUT2D eigenvalue weighted by Gasteiger charge is -2.29. The number of likely N-dealkylation sites (tertiary alicyclic amines) is 1. The number of carbonyl (C=O) groups excluding carboxylic acids is 1. The predicted molar refractivity (Wildman–Crippen MR) is 93.2 cm³/mol. The number of amides is 1. The molecule has 1 fully saturated rings. The summed E-state index contributed by atoms with van der Waals surface area (Å²) in [6.45, 7) is 7.62. The van der Waals surface area contributed by atoms with Gasteiger partial charge in [-0.25, -0.2) is 14.6 Å². The summed E-state index contributed by atoms with van der Waals surface area (Å²) in [4.78, 5) is 28.8. The predicted octanol–water partition coefficient (Wildman–Crippen LogP) is 1.77. The van der Waals surface area contributed by atoms with Gasteiger partial charge in [0.2, 0.25) is 0 Å². The van der Waals surface area contributed by atoms with Gasteiger partial charge in [0.05, 0.1) is 18.7 Å². The molecule has 0 aliphatic carbocycles. The first-order chi connectivity index (χ1) is 11.9. The van der Waals surface area contributed by atoms with Crippen LogP contribution in [0.1, 0.15) is 38.1 Å². The molecule has 0 bridgehead atoms. The minimum atomic E-state index is -1.14. The second-order valence-electron chi connectivity index (χ2n) is 7.40. The molecule has 26 heavy (non-hydrogen) atoms. The second kappa shape index (κ2) is 6.99. The molecule has 0 aromatic carbocycles. The lowest BCUT2D eigenvalue weighted by atomic mass is 10.0. The van der Waals surface area contributed by atoms with Crippen molar-refractivity contribution in [2.24, 2.45) is 0 Å². The van der Waals surface area contributed by atoms with Gasteiger partial charge in [-0.1, -0.05) is 0 Å². The number of methoxy groups -OCH3 is 1. The fourth-order valence-electron chi connectivity index (χ4n) is 2.58. The number of carboxylic acid groups (broad SMARTS) is 1. The summed E-state index contributed by atoms with van der Waals surface area (Å²) in [6, 6.07) is 1.30. The maximum atomic E-state index is 12.4. The maximum Gasteiger partial charge on any atom is 0.410 e. The molecule has 144 valence electrons. The number of rotatable bonds is 4. The number of nitrogens with two attached hydrogens (primary N) is 1. The van der Waals surface area contributed by atoms with E-state index >= 15 is 0 Å². The van der Waals surface area contributed by atoms with Crippen molar-refractivity contribution in [2.75, 3.05) is 25.9 Å². The normalized spacial score (nSPS) is 23.0. The van der Waals surface area contributed by atoms with E-state index in [9.17, 15) is 9.59 Å². The molecule has 1 aromatic heterocycles. The molecule has 9 heteroatoms. The second-order valence-corrected chi connectivity index (χ2v) is 7.40. The Morgan fingerprint density at radius 2 is 2.08 bits per heavy atom. The fourth-order valence-corrected chi connectivity index (χ4v) is 2.58. The zero-order valence-corrected chi connectivity index (χ0v) is 15.6. The van der Waals surface area contributed by atoms with Crippen molar-refractivity contribution >= 4 is 17.9 Å². The van der Waals surface area contributed by atoms with Crippen LogP contribution in [-0.4, -0.2) is 64.6 Å². The maximum absolute atomic E-state index is 12.4. The number of carbonyl (C=O) groups is 2. The van der Waals surface area contributed by atoms with E-state index in [2.05, 4.69) is 4.98 Å². The molecular weight excluding hydrogens is 342 g/mol. The number of nitrogen functional groups attached to an aromatic ring is 1. The van der Waals surface area contributed by atoms with Crippen LogP contribution >= 0.6 is 0 Å². The highest BCUT2D eigenvalue weighted by Crippen LogP contribution is 2.32. The van der Waals surface area contributed by atoms with Crippen LogP contribution in [0.15, 0.2) is 12.3 Å². The Morgan fingerprint density at radius 3 is 2.62 bits per heavy atom. The number of nitrogens with zero attached hydrogens (tertiary/aromatic N) is 2. The summed E-state index contributed by atoms with van der Waals surface area (Å²) in [5.74, 6) is -0.952. The highest BCUT2D eigenvalue weighted by atomic mass is 16.6. The van der Waals surface area contributed by atoms with Crippen molar-refractivity contribution < 1.29 is 28.9 Å². The van der Waals surface area contributed by atoms with E-state index < -0.39 is 29.4 Å². The van der Waals surface area contributed by atoms with E-state index in [1.165, 1.54) is 18.1 Å². The van der Waals surface area contributed by atoms with E-state index in [-0.39, 0.29) is 30.2 Å². The number of hydrogen-bond donors (Lipinski definition) is 2. The summed E-state index contributed by atoms with van der Waals surface area (Å²) in [5.41, 5.74) is 4.32. The van der Waals surface area contributed by atoms with E-state index in [0.29, 0.717) is 0 Å². The highest BCUT2D eigenvalue weighted by Gasteiger charge is 2.48. The molecular formula is C17H25N3O6. The van der Waals surface area contributed by atoms with Crippen molar-refractivity contribution in [3.63, 3.8) is 0 Å². The number of aromatic carboxylic acids is 1. The van der Waals surface area contributed by atoms with Gasteiger partial charge in [-0.3, -0.25) is 0 Å². The van der Waals surface area contributed by atoms with Gasteiger partial charge in [-0.15, -0.1) is 0 Å². The van der Waals surface area contributed by atoms with Crippen LogP contribution in [0.4, 0.5) is 10.6 Å². The van der Waals surface area contributed by atoms with E-state index in [1.54, 1.807) is 27.7 Å². The Hall–Kier alpha value is -2.55. The monoisotopic (exact) mass is 367 g/mol. The number of ether oxygens (including phenoxy) is 3. The van der Waals surface area contributed by atoms with Crippen molar-refractivity contribution in [1.82, 2.24) is 9.88 Å². The molecule has 0 spiro atoms. The Kier molecular flexibility index (Phi) is 5.31. The molecule has 2 rings (SSSR count). The molecule has 3 N–H and O–H groups in total. The minimum absolute atomic E-state index is 0.0460. The van der Waals surface area contributed by atoms with Crippen LogP contribution in [0.3, 0.4) is 0 Å². The third kappa shape index (κ3) is 4.34. The third-order valence-corrected chi connectivity index (χ3v) is 4.09. The smallest absolute Gasteiger partial charge is 0.410 e. The topological polar surface area (TPSA) is 124 Å². The summed E-state index contributed by atoms with van der Waals surface area (Å²) >= 11 is 0. The van der Waals surface area contributed by atoms with Gasteiger partial charge in [-0.2, -0.15) is 0 Å². The molecule has 1 saturated heterocycles. The summed E-state index contributed by atoms with van der Waals surface area (Å²) in [6.07, 6.45) is 0.104. The summed E-state index contributed by atoms with van der Waals surface area (Å²) in [5, 5.41) is 9.10. The first-order valence-electron chi connectivity index (χ1n) is 8.14. The van der Waals surface area contributed by atoms with Crippen molar-refractivity contribution in [2.45, 2.75) is 45.0 Å². The Bertz CT molecular complexity index is 702. The average molecular weight is 367 g/mol. The van der Waals surface area contributed by atoms with Crippen LogP contribution in [0.5, 0.6) is 5.75 Å². The highest BCUT2D eigenvalue weighted by molar-refractivity contribution is 5.88. The summed E-state index contributed by atoms with van der Waals surface area (Å²) in [7, 11) is 1.52. The first kappa shape index (κ1) is 19.8. The molecule has 2 atom stereocenters. The average Bonchev–Trinajstić information content (AvgIpc) is 2.85. The number of aromatic nitrogens is 1. The molecule has 1 aromatic rings. The standard InChI is InChI=1S/C17H25N3O6/c1-16(2,3)26-15(23)20-8-12(17(4,9-20)24-5)25-11-6-10(14(21)22)7-19-13(11)18/h6-7,12H,8-9H2,1-5H3,(H2,18,19)(H,21,22). The van der Waals surface area contributed by atoms with Gasteiger partial charge in [-0.05, 0) is 27.7 Å². The molecule has 2 heterocycles. The van der Waals surface area contributed by atoms with Crippen molar-refractivity contribution in [3.8, 4) is 5.75 Å². The van der Waals surface area contributed by atoms with E-state index in [1.807, 2.05) is 0 Å². The molecule has 2 unspecified atom stereocenters. The van der Waals surface area contributed by atoms with E-state index in [4.69, 9.17) is 25.1 Å². The zero-order chi connectivity index (χ0) is 19.7. The van der Waals surface area contributed by atoms with Gasteiger partial charge in [0.15, 0.2) is 11.6 Å².